The molecule has 1 heterocycles. The summed E-state index contributed by atoms with van der Waals surface area (Å²) in [4.78, 5) is 25.6. The number of hydrogen-bond acceptors (Lipinski definition) is 4. The van der Waals surface area contributed by atoms with Crippen molar-refractivity contribution in [1.29, 1.82) is 0 Å². The summed E-state index contributed by atoms with van der Waals surface area (Å²) in [6.45, 7) is 3.81. The minimum absolute atomic E-state index is 0.0858. The summed E-state index contributed by atoms with van der Waals surface area (Å²) in [5, 5.41) is 2.90. The number of carbonyl (C=O) groups excluding carboxylic acids is 2. The third-order valence-corrected chi connectivity index (χ3v) is 3.98. The van der Waals surface area contributed by atoms with Crippen molar-refractivity contribution >= 4 is 12.0 Å². The minimum Gasteiger partial charge on any atom is -0.497 e. The molecule has 0 atom stereocenters. The van der Waals surface area contributed by atoms with Crippen molar-refractivity contribution in [3.63, 3.8) is 0 Å². The van der Waals surface area contributed by atoms with E-state index in [1.54, 1.807) is 18.9 Å². The van der Waals surface area contributed by atoms with E-state index in [0.29, 0.717) is 39.1 Å². The maximum absolute atomic E-state index is 12.2. The quantitative estimate of drug-likeness (QED) is 0.844. The molecule has 23 heavy (non-hydrogen) atoms. The molecular formula is C17H24N2O4. The van der Waals surface area contributed by atoms with Gasteiger partial charge in [-0.1, -0.05) is 12.1 Å². The van der Waals surface area contributed by atoms with Gasteiger partial charge in [0.25, 0.3) is 0 Å². The van der Waals surface area contributed by atoms with Crippen molar-refractivity contribution in [2.45, 2.75) is 26.3 Å². The van der Waals surface area contributed by atoms with Crippen LogP contribution in [0.25, 0.3) is 0 Å². The Bertz CT molecular complexity index is 539. The van der Waals surface area contributed by atoms with Crippen LogP contribution in [0.2, 0.25) is 0 Å². The van der Waals surface area contributed by atoms with Gasteiger partial charge >= 0.3 is 12.0 Å². The lowest BCUT2D eigenvalue weighted by Crippen LogP contribution is -2.45. The van der Waals surface area contributed by atoms with Gasteiger partial charge in [0.1, 0.15) is 5.75 Å². The molecule has 2 amide bonds. The second-order valence-corrected chi connectivity index (χ2v) is 5.52. The molecule has 0 spiro atoms. The van der Waals surface area contributed by atoms with E-state index >= 15 is 0 Å². The standard InChI is InChI=1S/C17H24N2O4/c1-3-23-16(20)14-7-9-19(10-8-14)17(21)18-12-13-5-4-6-15(11-13)22-2/h4-6,11,14H,3,7-10,12H2,1-2H3,(H,18,21). The molecule has 1 aromatic carbocycles. The van der Waals surface area contributed by atoms with E-state index in [0.717, 1.165) is 11.3 Å². The maximum atomic E-state index is 12.2. The summed E-state index contributed by atoms with van der Waals surface area (Å²) in [6.07, 6.45) is 1.32. The monoisotopic (exact) mass is 320 g/mol. The van der Waals surface area contributed by atoms with Crippen molar-refractivity contribution < 1.29 is 19.1 Å². The van der Waals surface area contributed by atoms with Gasteiger partial charge in [-0.15, -0.1) is 0 Å². The zero-order chi connectivity index (χ0) is 16.7. The summed E-state index contributed by atoms with van der Waals surface area (Å²) in [5.41, 5.74) is 0.985. The van der Waals surface area contributed by atoms with E-state index in [1.165, 1.54) is 0 Å². The lowest BCUT2D eigenvalue weighted by Gasteiger charge is -2.30. The Morgan fingerprint density at radius 2 is 2.04 bits per heavy atom. The molecule has 6 nitrogen and oxygen atoms in total. The highest BCUT2D eigenvalue weighted by Crippen LogP contribution is 2.19. The Kier molecular flexibility index (Phi) is 6.26. The molecular weight excluding hydrogens is 296 g/mol. The maximum Gasteiger partial charge on any atom is 0.317 e. The predicted molar refractivity (Wildman–Crippen MR) is 86.2 cm³/mol. The zero-order valence-electron chi connectivity index (χ0n) is 13.7. The van der Waals surface area contributed by atoms with Gasteiger partial charge in [-0.3, -0.25) is 4.79 Å². The number of nitrogens with zero attached hydrogens (tertiary/aromatic N) is 1. The summed E-state index contributed by atoms with van der Waals surface area (Å²) in [6, 6.07) is 7.50. The van der Waals surface area contributed by atoms with E-state index in [-0.39, 0.29) is 17.9 Å². The normalized spacial score (nSPS) is 15.1. The summed E-state index contributed by atoms with van der Waals surface area (Å²) >= 11 is 0. The number of piperidine rings is 1. The molecule has 0 unspecified atom stereocenters. The number of rotatable bonds is 5. The molecule has 126 valence electrons. The summed E-state index contributed by atoms with van der Waals surface area (Å²) in [7, 11) is 1.62. The number of likely N-dealkylation sites (tertiary alicyclic amines) is 1. The molecule has 0 radical (unpaired) electrons. The average molecular weight is 320 g/mol. The van der Waals surface area contributed by atoms with E-state index in [1.807, 2.05) is 24.3 Å². The molecule has 0 saturated carbocycles. The first-order chi connectivity index (χ1) is 11.1. The first-order valence-electron chi connectivity index (χ1n) is 7.96. The molecule has 6 heteroatoms. The zero-order valence-corrected chi connectivity index (χ0v) is 13.7. The first kappa shape index (κ1) is 17.1. The number of nitrogens with one attached hydrogen (secondary N) is 1. The number of methoxy groups -OCH3 is 1. The van der Waals surface area contributed by atoms with Gasteiger partial charge in [-0.05, 0) is 37.5 Å². The third kappa shape index (κ3) is 4.87. The Morgan fingerprint density at radius 3 is 2.70 bits per heavy atom. The van der Waals surface area contributed by atoms with E-state index in [4.69, 9.17) is 9.47 Å². The second kappa shape index (κ2) is 8.41. The van der Waals surface area contributed by atoms with Crippen molar-refractivity contribution in [3.05, 3.63) is 29.8 Å². The van der Waals surface area contributed by atoms with Crippen molar-refractivity contribution in [1.82, 2.24) is 10.2 Å². The SMILES string of the molecule is CCOC(=O)C1CCN(C(=O)NCc2cccc(OC)c2)CC1. The lowest BCUT2D eigenvalue weighted by molar-refractivity contribution is -0.149. The van der Waals surface area contributed by atoms with Crippen LogP contribution in [0.15, 0.2) is 24.3 Å². The first-order valence-corrected chi connectivity index (χ1v) is 7.96. The Morgan fingerprint density at radius 1 is 1.30 bits per heavy atom. The highest BCUT2D eigenvalue weighted by atomic mass is 16.5. The smallest absolute Gasteiger partial charge is 0.317 e. The van der Waals surface area contributed by atoms with Gasteiger partial charge in [-0.25, -0.2) is 4.79 Å². The largest absolute Gasteiger partial charge is 0.497 e. The van der Waals surface area contributed by atoms with Gasteiger partial charge < -0.3 is 19.7 Å². The number of hydrogen-bond donors (Lipinski definition) is 1. The van der Waals surface area contributed by atoms with Crippen LogP contribution in [0.3, 0.4) is 0 Å². The molecule has 1 aliphatic heterocycles. The van der Waals surface area contributed by atoms with Crippen LogP contribution >= 0.6 is 0 Å². The topological polar surface area (TPSA) is 67.9 Å². The number of urea groups is 1. The molecule has 2 rings (SSSR count). The number of amides is 2. The van der Waals surface area contributed by atoms with Gasteiger partial charge in [0, 0.05) is 19.6 Å². The Hall–Kier alpha value is -2.24. The van der Waals surface area contributed by atoms with Crippen molar-refractivity contribution in [3.8, 4) is 5.75 Å². The molecule has 1 saturated heterocycles. The van der Waals surface area contributed by atoms with E-state index < -0.39 is 0 Å². The fourth-order valence-electron chi connectivity index (χ4n) is 2.65. The van der Waals surface area contributed by atoms with Crippen LogP contribution in [0.4, 0.5) is 4.79 Å². The van der Waals surface area contributed by atoms with Gasteiger partial charge in [0.05, 0.1) is 19.6 Å². The van der Waals surface area contributed by atoms with Gasteiger partial charge in [-0.2, -0.15) is 0 Å². The molecule has 1 aliphatic rings. The number of benzene rings is 1. The third-order valence-electron chi connectivity index (χ3n) is 3.98. The van der Waals surface area contributed by atoms with Crippen LogP contribution in [-0.4, -0.2) is 43.7 Å². The second-order valence-electron chi connectivity index (χ2n) is 5.52. The van der Waals surface area contributed by atoms with Crippen LogP contribution < -0.4 is 10.1 Å². The molecule has 0 aromatic heterocycles. The van der Waals surface area contributed by atoms with Crippen molar-refractivity contribution in [2.75, 3.05) is 26.8 Å². The van der Waals surface area contributed by atoms with Crippen molar-refractivity contribution in [2.24, 2.45) is 5.92 Å². The van der Waals surface area contributed by atoms with Gasteiger partial charge in [0.2, 0.25) is 0 Å². The van der Waals surface area contributed by atoms with Crippen LogP contribution in [0, 0.1) is 5.92 Å². The van der Waals surface area contributed by atoms with E-state index in [2.05, 4.69) is 5.32 Å². The Balaban J connectivity index is 1.77. The fourth-order valence-corrected chi connectivity index (χ4v) is 2.65. The molecule has 1 aromatic rings. The highest BCUT2D eigenvalue weighted by molar-refractivity contribution is 5.76. The minimum atomic E-state index is -0.149. The van der Waals surface area contributed by atoms with E-state index in [9.17, 15) is 9.59 Å². The highest BCUT2D eigenvalue weighted by Gasteiger charge is 2.27. The molecule has 0 aliphatic carbocycles. The van der Waals surface area contributed by atoms with Gasteiger partial charge in [0.15, 0.2) is 0 Å². The summed E-state index contributed by atoms with van der Waals surface area (Å²) in [5.74, 6) is 0.535. The molecule has 1 N–H and O–H groups in total. The number of carbonyl (C=O) groups is 2. The molecule has 0 bridgehead atoms. The summed E-state index contributed by atoms with van der Waals surface area (Å²) < 4.78 is 10.2. The molecule has 1 fully saturated rings. The van der Waals surface area contributed by atoms with Crippen LogP contribution in [0.1, 0.15) is 25.3 Å². The average Bonchev–Trinajstić information content (AvgIpc) is 2.60. The predicted octanol–water partition coefficient (Wildman–Crippen LogP) is 2.18. The lowest BCUT2D eigenvalue weighted by atomic mass is 9.97. The number of ether oxygens (including phenoxy) is 2. The fraction of sp³-hybridized carbons (Fsp3) is 0.529. The Labute approximate surface area is 136 Å². The van der Waals surface area contributed by atoms with Crippen LogP contribution in [-0.2, 0) is 16.1 Å². The number of esters is 1. The van der Waals surface area contributed by atoms with Crippen LogP contribution in [0.5, 0.6) is 5.75 Å².